The van der Waals surface area contributed by atoms with Gasteiger partial charge in [-0.05, 0) is 19.9 Å². The number of carbonyl (C=O) groups excluding carboxylic acids is 1. The molecule has 0 saturated carbocycles. The van der Waals surface area contributed by atoms with Crippen molar-refractivity contribution >= 4 is 17.2 Å². The summed E-state index contributed by atoms with van der Waals surface area (Å²) in [5.41, 5.74) is 2.73. The smallest absolute Gasteiger partial charge is 0.255 e. The van der Waals surface area contributed by atoms with Gasteiger partial charge in [0, 0.05) is 55.7 Å². The number of aryl methyl sites for hydroxylation is 1. The standard InChI is InChI=1S/C16H22N4O2S/c1-12-11-14(13(2)20(12)16-17-3-10-23-16)15(22)19-6-4-18(5-7-19)8-9-21/h3,10-11,21H,4-9H2,1-2H3. The Hall–Kier alpha value is -1.70. The lowest BCUT2D eigenvalue weighted by molar-refractivity contribution is 0.0614. The molecule has 6 nitrogen and oxygen atoms in total. The van der Waals surface area contributed by atoms with E-state index in [-0.39, 0.29) is 12.5 Å². The number of hydrogen-bond donors (Lipinski definition) is 1. The van der Waals surface area contributed by atoms with Crippen LogP contribution in [0.5, 0.6) is 0 Å². The SMILES string of the molecule is Cc1cc(C(=O)N2CCN(CCO)CC2)c(C)n1-c1nccs1. The topological polar surface area (TPSA) is 61.6 Å². The van der Waals surface area contributed by atoms with Gasteiger partial charge in [-0.25, -0.2) is 4.98 Å². The Morgan fingerprint density at radius 1 is 1.30 bits per heavy atom. The zero-order valence-electron chi connectivity index (χ0n) is 13.5. The van der Waals surface area contributed by atoms with Crippen molar-refractivity contribution in [3.05, 3.63) is 34.6 Å². The number of aromatic nitrogens is 2. The van der Waals surface area contributed by atoms with Crippen LogP contribution in [0.4, 0.5) is 0 Å². The van der Waals surface area contributed by atoms with E-state index >= 15 is 0 Å². The highest BCUT2D eigenvalue weighted by Gasteiger charge is 2.25. The van der Waals surface area contributed by atoms with Crippen LogP contribution in [0.1, 0.15) is 21.7 Å². The summed E-state index contributed by atoms with van der Waals surface area (Å²) in [6.45, 7) is 7.88. The van der Waals surface area contributed by atoms with Crippen molar-refractivity contribution < 1.29 is 9.90 Å². The predicted octanol–water partition coefficient (Wildman–Crippen LogP) is 1.30. The molecule has 0 aromatic carbocycles. The van der Waals surface area contributed by atoms with Crippen LogP contribution in [-0.4, -0.2) is 69.7 Å². The molecule has 0 atom stereocenters. The van der Waals surface area contributed by atoms with Crippen molar-refractivity contribution in [1.29, 1.82) is 0 Å². The van der Waals surface area contributed by atoms with Gasteiger partial charge in [-0.1, -0.05) is 0 Å². The molecular formula is C16H22N4O2S. The molecule has 0 unspecified atom stereocenters. The number of rotatable bonds is 4. The molecule has 0 aliphatic carbocycles. The summed E-state index contributed by atoms with van der Waals surface area (Å²) in [6.07, 6.45) is 1.78. The minimum Gasteiger partial charge on any atom is -0.395 e. The zero-order chi connectivity index (χ0) is 16.4. The lowest BCUT2D eigenvalue weighted by Gasteiger charge is -2.34. The quantitative estimate of drug-likeness (QED) is 0.915. The number of nitrogens with zero attached hydrogens (tertiary/aromatic N) is 4. The van der Waals surface area contributed by atoms with Crippen LogP contribution in [-0.2, 0) is 0 Å². The van der Waals surface area contributed by atoms with Gasteiger partial charge in [-0.3, -0.25) is 14.3 Å². The van der Waals surface area contributed by atoms with Crippen molar-refractivity contribution in [2.24, 2.45) is 0 Å². The summed E-state index contributed by atoms with van der Waals surface area (Å²) in [5.74, 6) is 0.0876. The van der Waals surface area contributed by atoms with Gasteiger partial charge in [-0.2, -0.15) is 0 Å². The summed E-state index contributed by atoms with van der Waals surface area (Å²) in [7, 11) is 0. The Morgan fingerprint density at radius 2 is 2.04 bits per heavy atom. The van der Waals surface area contributed by atoms with Crippen molar-refractivity contribution in [2.45, 2.75) is 13.8 Å². The van der Waals surface area contributed by atoms with E-state index in [1.807, 2.05) is 34.8 Å². The second-order valence-electron chi connectivity index (χ2n) is 5.79. The second-order valence-corrected chi connectivity index (χ2v) is 6.67. The van der Waals surface area contributed by atoms with E-state index in [1.54, 1.807) is 17.5 Å². The Labute approximate surface area is 140 Å². The summed E-state index contributed by atoms with van der Waals surface area (Å²) in [4.78, 5) is 21.3. The van der Waals surface area contributed by atoms with Crippen LogP contribution in [0.2, 0.25) is 0 Å². The van der Waals surface area contributed by atoms with Crippen molar-refractivity contribution in [3.8, 4) is 5.13 Å². The van der Waals surface area contributed by atoms with E-state index in [9.17, 15) is 4.79 Å². The first-order valence-electron chi connectivity index (χ1n) is 7.83. The van der Waals surface area contributed by atoms with Gasteiger partial charge in [0.2, 0.25) is 0 Å². The number of hydrogen-bond acceptors (Lipinski definition) is 5. The fourth-order valence-electron chi connectivity index (χ4n) is 3.09. The average Bonchev–Trinajstić information content (AvgIpc) is 3.16. The molecular weight excluding hydrogens is 312 g/mol. The Bertz CT molecular complexity index is 673. The van der Waals surface area contributed by atoms with Crippen LogP contribution in [0.3, 0.4) is 0 Å². The molecule has 2 aromatic rings. The van der Waals surface area contributed by atoms with Crippen molar-refractivity contribution in [1.82, 2.24) is 19.4 Å². The molecule has 124 valence electrons. The molecule has 2 aromatic heterocycles. The van der Waals surface area contributed by atoms with Crippen LogP contribution in [0.15, 0.2) is 17.6 Å². The van der Waals surface area contributed by atoms with Gasteiger partial charge in [0.1, 0.15) is 0 Å². The minimum atomic E-state index is 0.0876. The van der Waals surface area contributed by atoms with E-state index < -0.39 is 0 Å². The largest absolute Gasteiger partial charge is 0.395 e. The highest BCUT2D eigenvalue weighted by molar-refractivity contribution is 7.12. The molecule has 1 aliphatic heterocycles. The van der Waals surface area contributed by atoms with Crippen LogP contribution >= 0.6 is 11.3 Å². The number of carbonyl (C=O) groups is 1. The van der Waals surface area contributed by atoms with E-state index in [2.05, 4.69) is 9.88 Å². The molecule has 0 bridgehead atoms. The molecule has 1 aliphatic rings. The molecule has 23 heavy (non-hydrogen) atoms. The lowest BCUT2D eigenvalue weighted by Crippen LogP contribution is -2.49. The van der Waals surface area contributed by atoms with Gasteiger partial charge >= 0.3 is 0 Å². The first-order chi connectivity index (χ1) is 11.1. The molecule has 1 fully saturated rings. The lowest BCUT2D eigenvalue weighted by atomic mass is 10.2. The third-order valence-electron chi connectivity index (χ3n) is 4.35. The van der Waals surface area contributed by atoms with Gasteiger partial charge in [-0.15, -0.1) is 11.3 Å². The van der Waals surface area contributed by atoms with E-state index in [0.29, 0.717) is 19.6 Å². The molecule has 0 spiro atoms. The average molecular weight is 334 g/mol. The maximum atomic E-state index is 12.8. The highest BCUT2D eigenvalue weighted by atomic mass is 32.1. The van der Waals surface area contributed by atoms with Crippen LogP contribution < -0.4 is 0 Å². The Kier molecular flexibility index (Phi) is 4.79. The van der Waals surface area contributed by atoms with E-state index in [0.717, 1.165) is 35.2 Å². The third kappa shape index (κ3) is 3.17. The molecule has 7 heteroatoms. The number of piperazine rings is 1. The summed E-state index contributed by atoms with van der Waals surface area (Å²) >= 11 is 1.57. The Balaban J connectivity index is 1.78. The monoisotopic (exact) mass is 334 g/mol. The second kappa shape index (κ2) is 6.82. The minimum absolute atomic E-state index is 0.0876. The van der Waals surface area contributed by atoms with Gasteiger partial charge in [0.25, 0.3) is 5.91 Å². The van der Waals surface area contributed by atoms with E-state index in [1.165, 1.54) is 0 Å². The number of aliphatic hydroxyl groups excluding tert-OH is 1. The number of aliphatic hydroxyl groups is 1. The zero-order valence-corrected chi connectivity index (χ0v) is 14.3. The fraction of sp³-hybridized carbons (Fsp3) is 0.500. The third-order valence-corrected chi connectivity index (χ3v) is 5.10. The summed E-state index contributed by atoms with van der Waals surface area (Å²) in [6, 6.07) is 1.96. The fourth-order valence-corrected chi connectivity index (χ4v) is 3.84. The molecule has 0 radical (unpaired) electrons. The first-order valence-corrected chi connectivity index (χ1v) is 8.71. The van der Waals surface area contributed by atoms with Crippen molar-refractivity contribution in [3.63, 3.8) is 0 Å². The highest BCUT2D eigenvalue weighted by Crippen LogP contribution is 2.23. The van der Waals surface area contributed by atoms with Gasteiger partial charge in [0.05, 0.1) is 12.2 Å². The maximum Gasteiger partial charge on any atom is 0.255 e. The van der Waals surface area contributed by atoms with Crippen molar-refractivity contribution in [2.75, 3.05) is 39.3 Å². The molecule has 1 saturated heterocycles. The summed E-state index contributed by atoms with van der Waals surface area (Å²) in [5, 5.41) is 11.8. The van der Waals surface area contributed by atoms with Gasteiger partial charge in [0.15, 0.2) is 5.13 Å². The molecule has 3 heterocycles. The van der Waals surface area contributed by atoms with Crippen LogP contribution in [0.25, 0.3) is 5.13 Å². The van der Waals surface area contributed by atoms with E-state index in [4.69, 9.17) is 5.11 Å². The maximum absolute atomic E-state index is 12.8. The molecule has 3 rings (SSSR count). The molecule has 1 N–H and O–H groups in total. The number of amides is 1. The first kappa shape index (κ1) is 16.2. The summed E-state index contributed by atoms with van der Waals surface area (Å²) < 4.78 is 2.04. The number of thiazole rings is 1. The molecule has 1 amide bonds. The predicted molar refractivity (Wildman–Crippen MR) is 90.3 cm³/mol. The van der Waals surface area contributed by atoms with Gasteiger partial charge < -0.3 is 10.0 Å². The normalized spacial score (nSPS) is 16.0. The Morgan fingerprint density at radius 3 is 2.65 bits per heavy atom. The van der Waals surface area contributed by atoms with Crippen LogP contribution in [0, 0.1) is 13.8 Å². The number of β-amino-alcohol motifs (C(OH)–C–C–N with tert-alkyl or cyclic N) is 1.